The van der Waals surface area contributed by atoms with Crippen LogP contribution in [-0.4, -0.2) is 11.2 Å². The molecule has 4 aliphatic rings. The van der Waals surface area contributed by atoms with Crippen LogP contribution in [0.4, 0.5) is 0 Å². The average Bonchev–Trinajstić information content (AvgIpc) is 2.71. The van der Waals surface area contributed by atoms with Crippen LogP contribution in [0.3, 0.4) is 0 Å². The van der Waals surface area contributed by atoms with E-state index in [2.05, 4.69) is 13.8 Å². The zero-order valence-electron chi connectivity index (χ0n) is 13.4. The predicted molar refractivity (Wildman–Crippen MR) is 82.3 cm³/mol. The summed E-state index contributed by atoms with van der Waals surface area (Å²) in [5, 5.41) is 9.97. The van der Waals surface area contributed by atoms with Crippen LogP contribution >= 0.6 is 0 Å². The molecule has 4 saturated carbocycles. The van der Waals surface area contributed by atoms with Gasteiger partial charge in [0.25, 0.3) is 0 Å². The summed E-state index contributed by atoms with van der Waals surface area (Å²) in [6, 6.07) is 0. The summed E-state index contributed by atoms with van der Waals surface area (Å²) in [4.78, 5) is 0. The fraction of sp³-hybridized carbons (Fsp3) is 1.00. The van der Waals surface area contributed by atoms with Gasteiger partial charge >= 0.3 is 0 Å². The van der Waals surface area contributed by atoms with Crippen LogP contribution in [-0.2, 0) is 0 Å². The summed E-state index contributed by atoms with van der Waals surface area (Å²) >= 11 is 0. The highest BCUT2D eigenvalue weighted by molar-refractivity contribution is 5.04. The molecule has 0 spiro atoms. The lowest BCUT2D eigenvalue weighted by Gasteiger charge is -2.55. The Kier molecular flexibility index (Phi) is 3.22. The predicted octanol–water partition coefficient (Wildman–Crippen LogP) is 4.64. The van der Waals surface area contributed by atoms with E-state index in [0.29, 0.717) is 5.41 Å². The standard InChI is InChI=1S/C19H32O/c1-12-3-6-15-10-18-14(11-19(12,15)2)5-4-13-9-16(20)7-8-17(13)18/h12-18,20H,3-11H2,1-2H3/t12-,13+,14+,15-,16-,17+,18+,19+/m0/s1. The number of fused-ring (bicyclic) bond motifs is 4. The fourth-order valence-corrected chi connectivity index (χ4v) is 6.93. The third-order valence-electron chi connectivity index (χ3n) is 8.34. The van der Waals surface area contributed by atoms with E-state index in [1.807, 2.05) is 0 Å². The molecule has 1 N–H and O–H groups in total. The molecule has 0 radical (unpaired) electrons. The average molecular weight is 276 g/mol. The molecule has 0 saturated heterocycles. The summed E-state index contributed by atoms with van der Waals surface area (Å²) in [5.41, 5.74) is 0.669. The van der Waals surface area contributed by atoms with Crippen molar-refractivity contribution in [2.24, 2.45) is 40.9 Å². The SMILES string of the molecule is C[C@H]1CC[C@H]2C[C@@H]3[C@H](CC[C@@H]4C[C@@H](O)CC[C@H]43)C[C@@]21C. The Balaban J connectivity index is 1.55. The van der Waals surface area contributed by atoms with Gasteiger partial charge in [-0.3, -0.25) is 0 Å². The van der Waals surface area contributed by atoms with Crippen LogP contribution in [0.5, 0.6) is 0 Å². The topological polar surface area (TPSA) is 20.2 Å². The molecule has 0 heterocycles. The molecular weight excluding hydrogens is 244 g/mol. The molecular formula is C19H32O. The first kappa shape index (κ1) is 13.6. The van der Waals surface area contributed by atoms with Crippen molar-refractivity contribution in [2.45, 2.75) is 77.7 Å². The van der Waals surface area contributed by atoms with Gasteiger partial charge in [0.05, 0.1) is 6.10 Å². The quantitative estimate of drug-likeness (QED) is 0.683. The van der Waals surface area contributed by atoms with Crippen LogP contribution in [0.1, 0.15) is 71.6 Å². The molecule has 1 nitrogen and oxygen atoms in total. The molecule has 1 heteroatoms. The van der Waals surface area contributed by atoms with Gasteiger partial charge in [-0.1, -0.05) is 13.8 Å². The maximum absolute atomic E-state index is 9.97. The highest BCUT2D eigenvalue weighted by Crippen LogP contribution is 2.63. The van der Waals surface area contributed by atoms with Gasteiger partial charge < -0.3 is 5.11 Å². The number of hydrogen-bond acceptors (Lipinski definition) is 1. The normalized spacial score (nSPS) is 58.6. The molecule has 0 unspecified atom stereocenters. The maximum atomic E-state index is 9.97. The van der Waals surface area contributed by atoms with E-state index in [-0.39, 0.29) is 6.10 Å². The minimum Gasteiger partial charge on any atom is -0.393 e. The lowest BCUT2D eigenvalue weighted by atomic mass is 9.50. The van der Waals surface area contributed by atoms with Crippen molar-refractivity contribution in [1.29, 1.82) is 0 Å². The van der Waals surface area contributed by atoms with Crippen molar-refractivity contribution in [2.75, 3.05) is 0 Å². The van der Waals surface area contributed by atoms with Crippen molar-refractivity contribution >= 4 is 0 Å². The number of rotatable bonds is 0. The highest BCUT2D eigenvalue weighted by Gasteiger charge is 2.54. The number of aliphatic hydroxyl groups is 1. The lowest BCUT2D eigenvalue weighted by molar-refractivity contribution is -0.0660. The fourth-order valence-electron chi connectivity index (χ4n) is 6.93. The van der Waals surface area contributed by atoms with Gasteiger partial charge in [-0.05, 0) is 98.7 Å². The second-order valence-electron chi connectivity index (χ2n) is 9.01. The summed E-state index contributed by atoms with van der Waals surface area (Å²) in [7, 11) is 0. The summed E-state index contributed by atoms with van der Waals surface area (Å²) in [5.74, 6) is 5.85. The van der Waals surface area contributed by atoms with E-state index in [4.69, 9.17) is 0 Å². The van der Waals surface area contributed by atoms with Gasteiger partial charge in [0.1, 0.15) is 0 Å². The second-order valence-corrected chi connectivity index (χ2v) is 9.01. The van der Waals surface area contributed by atoms with Crippen LogP contribution in [0.25, 0.3) is 0 Å². The molecule has 0 aromatic carbocycles. The van der Waals surface area contributed by atoms with Gasteiger partial charge in [-0.15, -0.1) is 0 Å². The van der Waals surface area contributed by atoms with Crippen molar-refractivity contribution in [3.63, 3.8) is 0 Å². The summed E-state index contributed by atoms with van der Waals surface area (Å²) in [6.07, 6.45) is 12.5. The minimum atomic E-state index is 0.0214. The summed E-state index contributed by atoms with van der Waals surface area (Å²) in [6.45, 7) is 5.13. The van der Waals surface area contributed by atoms with Crippen LogP contribution in [0, 0.1) is 40.9 Å². The zero-order chi connectivity index (χ0) is 13.9. The largest absolute Gasteiger partial charge is 0.393 e. The van der Waals surface area contributed by atoms with Crippen molar-refractivity contribution in [3.8, 4) is 0 Å². The third-order valence-corrected chi connectivity index (χ3v) is 8.34. The van der Waals surface area contributed by atoms with Crippen molar-refractivity contribution < 1.29 is 5.11 Å². The number of aliphatic hydroxyl groups excluding tert-OH is 1. The first-order chi connectivity index (χ1) is 9.58. The van der Waals surface area contributed by atoms with E-state index in [1.165, 1.54) is 44.9 Å². The Morgan fingerprint density at radius 3 is 2.50 bits per heavy atom. The third kappa shape index (κ3) is 1.91. The van der Waals surface area contributed by atoms with Crippen LogP contribution in [0.15, 0.2) is 0 Å². The second kappa shape index (κ2) is 4.73. The van der Waals surface area contributed by atoms with Gasteiger partial charge in [-0.2, -0.15) is 0 Å². The molecule has 114 valence electrons. The van der Waals surface area contributed by atoms with Gasteiger partial charge in [-0.25, -0.2) is 0 Å². The molecule has 4 rings (SSSR count). The Morgan fingerprint density at radius 1 is 0.850 bits per heavy atom. The zero-order valence-corrected chi connectivity index (χ0v) is 13.4. The Hall–Kier alpha value is -0.0400. The monoisotopic (exact) mass is 276 g/mol. The van der Waals surface area contributed by atoms with E-state index >= 15 is 0 Å². The summed E-state index contributed by atoms with van der Waals surface area (Å²) < 4.78 is 0. The van der Waals surface area contributed by atoms with Gasteiger partial charge in [0, 0.05) is 0 Å². The molecule has 0 amide bonds. The number of hydrogen-bond donors (Lipinski definition) is 1. The smallest absolute Gasteiger partial charge is 0.0543 e. The van der Waals surface area contributed by atoms with E-state index < -0.39 is 0 Å². The maximum Gasteiger partial charge on any atom is 0.0543 e. The van der Waals surface area contributed by atoms with Crippen LogP contribution < -0.4 is 0 Å². The minimum absolute atomic E-state index is 0.0214. The molecule has 0 aromatic rings. The van der Waals surface area contributed by atoms with Gasteiger partial charge in [0.15, 0.2) is 0 Å². The Bertz CT molecular complexity index is 378. The lowest BCUT2D eigenvalue weighted by Crippen LogP contribution is -2.47. The van der Waals surface area contributed by atoms with E-state index in [1.54, 1.807) is 0 Å². The molecule has 4 fully saturated rings. The molecule has 4 aliphatic carbocycles. The van der Waals surface area contributed by atoms with Gasteiger partial charge in [0.2, 0.25) is 0 Å². The van der Waals surface area contributed by atoms with Crippen molar-refractivity contribution in [1.82, 2.24) is 0 Å². The molecule has 0 aliphatic heterocycles. The molecule has 8 atom stereocenters. The van der Waals surface area contributed by atoms with Crippen molar-refractivity contribution in [3.05, 3.63) is 0 Å². The Morgan fingerprint density at radius 2 is 1.65 bits per heavy atom. The van der Waals surface area contributed by atoms with Crippen LogP contribution in [0.2, 0.25) is 0 Å². The Labute approximate surface area is 124 Å². The molecule has 20 heavy (non-hydrogen) atoms. The molecule has 0 bridgehead atoms. The highest BCUT2D eigenvalue weighted by atomic mass is 16.3. The molecule has 0 aromatic heterocycles. The van der Waals surface area contributed by atoms with E-state index in [9.17, 15) is 5.11 Å². The first-order valence-corrected chi connectivity index (χ1v) is 9.26. The van der Waals surface area contributed by atoms with E-state index in [0.717, 1.165) is 48.3 Å². The first-order valence-electron chi connectivity index (χ1n) is 9.26.